The van der Waals surface area contributed by atoms with Crippen LogP contribution in [0.15, 0.2) is 29.4 Å². The zero-order valence-corrected chi connectivity index (χ0v) is 37.8. The quantitative estimate of drug-likeness (QED) is 0.0371. The van der Waals surface area contributed by atoms with Crippen LogP contribution in [0.25, 0.3) is 0 Å². The van der Waals surface area contributed by atoms with Crippen LogP contribution in [0.5, 0.6) is 0 Å². The molecule has 2 rings (SSSR count). The monoisotopic (exact) mass is 928 g/mol. The number of nitrogens with zero attached hydrogens (tertiary/aromatic N) is 4. The second kappa shape index (κ2) is 29.3. The lowest BCUT2D eigenvalue weighted by molar-refractivity contribution is -0.197. The van der Waals surface area contributed by atoms with E-state index in [1.807, 2.05) is 18.2 Å². The molecule has 2 unspecified atom stereocenters. The molecular formula is C36H54F6N4O7S5. The zero-order chi connectivity index (χ0) is 44.6. The standard InChI is InChI=1S/C17H25F3N2O5S2.C10H13NOS2.C9H16F3NOS/c1-11(12(2)23)21(3)13(17(18,19)20)8-10-29-28-9-4-5-16(26)27-22-14(24)6-7-15(22)25;1-9(12)5-4-8-13-14-10-6-2-3-7-11-10;1-6(7(2)14)13(3)8(4-5-15)9(10,11)12/h11,13H,4-10H2,1-3H3;2-3,6-7H,4-5,8H2,1H3;6,8,15H,4-5H2,1-3H3/t11-,13?;;6-,8?/m0.0/s1. The zero-order valence-electron chi connectivity index (χ0n) is 33.6. The summed E-state index contributed by atoms with van der Waals surface area (Å²) in [5, 5.41) is 1.51. The Morgan fingerprint density at radius 1 is 0.793 bits per heavy atom. The van der Waals surface area contributed by atoms with Crippen molar-refractivity contribution < 1.29 is 59.9 Å². The number of hydrogen-bond donors (Lipinski definition) is 1. The van der Waals surface area contributed by atoms with Crippen LogP contribution in [0.4, 0.5) is 26.3 Å². The number of hydroxylamine groups is 2. The van der Waals surface area contributed by atoms with E-state index in [-0.39, 0.29) is 61.0 Å². The number of imide groups is 1. The van der Waals surface area contributed by atoms with Crippen molar-refractivity contribution >= 4 is 90.9 Å². The highest BCUT2D eigenvalue weighted by Crippen LogP contribution is 2.32. The minimum Gasteiger partial charge on any atom is -0.330 e. The van der Waals surface area contributed by atoms with E-state index in [1.54, 1.807) is 34.7 Å². The molecule has 0 aliphatic carbocycles. The highest BCUT2D eigenvalue weighted by atomic mass is 33.1. The maximum atomic E-state index is 13.3. The number of likely N-dealkylation sites (N-methyl/N-ethyl adjacent to an activating group) is 2. The number of amides is 2. The average Bonchev–Trinajstić information content (AvgIpc) is 3.45. The molecule has 2 amide bonds. The molecule has 0 aromatic carbocycles. The third-order valence-electron chi connectivity index (χ3n) is 8.44. The molecule has 1 fully saturated rings. The summed E-state index contributed by atoms with van der Waals surface area (Å²) >= 11 is 3.79. The van der Waals surface area contributed by atoms with Gasteiger partial charge < -0.3 is 9.63 Å². The minimum atomic E-state index is -4.43. The first-order chi connectivity index (χ1) is 26.9. The van der Waals surface area contributed by atoms with Gasteiger partial charge >= 0.3 is 18.3 Å². The minimum absolute atomic E-state index is 0.00530. The van der Waals surface area contributed by atoms with Crippen molar-refractivity contribution in [2.24, 2.45) is 0 Å². The van der Waals surface area contributed by atoms with Gasteiger partial charge in [0.25, 0.3) is 11.8 Å². The number of alkyl halides is 6. The van der Waals surface area contributed by atoms with Crippen molar-refractivity contribution in [2.45, 2.75) is 128 Å². The molecule has 1 aromatic heterocycles. The van der Waals surface area contributed by atoms with E-state index in [2.05, 4.69) is 17.6 Å². The number of ketones is 3. The first-order valence-electron chi connectivity index (χ1n) is 18.2. The van der Waals surface area contributed by atoms with Crippen molar-refractivity contribution in [1.82, 2.24) is 19.8 Å². The summed E-state index contributed by atoms with van der Waals surface area (Å²) in [7, 11) is 8.61. The summed E-state index contributed by atoms with van der Waals surface area (Å²) in [5.74, 6) is -0.250. The van der Waals surface area contributed by atoms with Crippen LogP contribution in [0.1, 0.15) is 86.0 Å². The molecule has 0 bridgehead atoms. The third-order valence-corrected chi connectivity index (χ3v) is 13.6. The Balaban J connectivity index is 0.000000937. The number of aromatic nitrogens is 1. The van der Waals surface area contributed by atoms with Crippen LogP contribution < -0.4 is 0 Å². The lowest BCUT2D eigenvalue weighted by Crippen LogP contribution is -2.50. The maximum absolute atomic E-state index is 13.3. The topological polar surface area (TPSA) is 134 Å². The molecular weight excluding hydrogens is 875 g/mol. The second-order valence-corrected chi connectivity index (χ2v) is 18.6. The Hall–Kier alpha value is -1.98. The van der Waals surface area contributed by atoms with Gasteiger partial charge in [-0.2, -0.15) is 39.0 Å². The van der Waals surface area contributed by atoms with Crippen LogP contribution in [0.2, 0.25) is 0 Å². The summed E-state index contributed by atoms with van der Waals surface area (Å²) in [6.07, 6.45) is -5.13. The summed E-state index contributed by atoms with van der Waals surface area (Å²) in [6, 6.07) is 1.02. The number of Topliss-reactive ketones (excluding diaryl/α,β-unsaturated/α-hetero) is 3. The van der Waals surface area contributed by atoms with E-state index >= 15 is 0 Å². The fourth-order valence-electron chi connectivity index (χ4n) is 4.67. The van der Waals surface area contributed by atoms with Gasteiger partial charge in [0.1, 0.15) is 34.5 Å². The van der Waals surface area contributed by atoms with Gasteiger partial charge in [-0.05, 0) is 103 Å². The van der Waals surface area contributed by atoms with Gasteiger partial charge in [0.15, 0.2) is 0 Å². The van der Waals surface area contributed by atoms with Crippen molar-refractivity contribution in [1.29, 1.82) is 0 Å². The van der Waals surface area contributed by atoms with Gasteiger partial charge in [0.2, 0.25) is 0 Å². The summed E-state index contributed by atoms with van der Waals surface area (Å²) in [4.78, 5) is 78.3. The third kappa shape index (κ3) is 23.7. The molecule has 2 heterocycles. The van der Waals surface area contributed by atoms with Crippen LogP contribution in [0.3, 0.4) is 0 Å². The smallest absolute Gasteiger partial charge is 0.330 e. The van der Waals surface area contributed by atoms with Crippen LogP contribution >= 0.6 is 55.8 Å². The van der Waals surface area contributed by atoms with Crippen molar-refractivity contribution in [3.63, 3.8) is 0 Å². The molecule has 58 heavy (non-hydrogen) atoms. The number of thiol groups is 1. The number of pyridine rings is 1. The van der Waals surface area contributed by atoms with E-state index < -0.39 is 54.3 Å². The highest BCUT2D eigenvalue weighted by Gasteiger charge is 2.44. The van der Waals surface area contributed by atoms with Gasteiger partial charge in [-0.3, -0.25) is 29.0 Å². The molecule has 1 aliphatic heterocycles. The van der Waals surface area contributed by atoms with Gasteiger partial charge in [0, 0.05) is 49.1 Å². The molecule has 0 radical (unpaired) electrons. The van der Waals surface area contributed by atoms with Gasteiger partial charge in [-0.1, -0.05) is 38.4 Å². The first kappa shape index (κ1) is 56.0. The Labute approximate surface area is 358 Å². The van der Waals surface area contributed by atoms with Crippen molar-refractivity contribution in [2.75, 3.05) is 37.1 Å². The Bertz CT molecular complexity index is 1420. The molecule has 1 aromatic rings. The average molecular weight is 929 g/mol. The number of carbonyl (C=O) groups is 6. The largest absolute Gasteiger partial charge is 0.404 e. The molecule has 0 N–H and O–H groups in total. The molecule has 22 heteroatoms. The predicted octanol–water partition coefficient (Wildman–Crippen LogP) is 8.32. The molecule has 0 spiro atoms. The number of carbonyl (C=O) groups excluding carboxylic acids is 6. The fourth-order valence-corrected chi connectivity index (χ4v) is 9.05. The van der Waals surface area contributed by atoms with Crippen molar-refractivity contribution in [3.05, 3.63) is 24.4 Å². The molecule has 11 nitrogen and oxygen atoms in total. The highest BCUT2D eigenvalue weighted by molar-refractivity contribution is 8.77. The Morgan fingerprint density at radius 2 is 1.28 bits per heavy atom. The maximum Gasteiger partial charge on any atom is 0.404 e. The van der Waals surface area contributed by atoms with E-state index in [4.69, 9.17) is 4.84 Å². The number of hydrogen-bond acceptors (Lipinski definition) is 15. The second-order valence-electron chi connectivity index (χ2n) is 13.0. The molecule has 4 atom stereocenters. The molecule has 1 aliphatic rings. The molecule has 1 saturated heterocycles. The Kier molecular flexibility index (Phi) is 28.3. The van der Waals surface area contributed by atoms with Gasteiger partial charge in [0.05, 0.1) is 12.1 Å². The van der Waals surface area contributed by atoms with Crippen molar-refractivity contribution in [3.8, 4) is 0 Å². The molecule has 0 saturated carbocycles. The Morgan fingerprint density at radius 3 is 1.72 bits per heavy atom. The predicted molar refractivity (Wildman–Crippen MR) is 222 cm³/mol. The fraction of sp³-hybridized carbons (Fsp3) is 0.694. The normalized spacial score (nSPS) is 15.2. The number of rotatable bonds is 23. The summed E-state index contributed by atoms with van der Waals surface area (Å²) in [5.41, 5.74) is 0. The summed E-state index contributed by atoms with van der Waals surface area (Å²) < 4.78 is 77.6. The van der Waals surface area contributed by atoms with Crippen LogP contribution in [-0.4, -0.2) is 129 Å². The van der Waals surface area contributed by atoms with Crippen LogP contribution in [-0.2, 0) is 33.6 Å². The van der Waals surface area contributed by atoms with E-state index in [1.165, 1.54) is 63.4 Å². The lowest BCUT2D eigenvalue weighted by Gasteiger charge is -2.33. The number of halogens is 6. The SMILES string of the molecule is CC(=O)CCCSSc1ccccn1.CC(=O)[C@H](C)N(C)C(CCS)C(F)(F)F.CC(=O)[C@H](C)N(C)C(CCSSCCCC(=O)ON1C(=O)CCC1=O)C(F)(F)F. The van der Waals surface area contributed by atoms with E-state index in [9.17, 15) is 55.1 Å². The van der Waals surface area contributed by atoms with Gasteiger partial charge in [-0.15, -0.1) is 5.06 Å². The summed E-state index contributed by atoms with van der Waals surface area (Å²) in [6.45, 7) is 7.11. The molecule has 332 valence electrons. The van der Waals surface area contributed by atoms with Gasteiger partial charge in [-0.25, -0.2) is 9.78 Å². The van der Waals surface area contributed by atoms with E-state index in [0.29, 0.717) is 23.7 Å². The lowest BCUT2D eigenvalue weighted by atomic mass is 10.1. The first-order valence-corrected chi connectivity index (χ1v) is 23.6. The van der Waals surface area contributed by atoms with Crippen LogP contribution in [0, 0.1) is 0 Å². The van der Waals surface area contributed by atoms with E-state index in [0.717, 1.165) is 27.0 Å².